The van der Waals surface area contributed by atoms with E-state index in [1.165, 1.54) is 73.5 Å². The highest BCUT2D eigenvalue weighted by atomic mass is 16.3. The van der Waals surface area contributed by atoms with Gasteiger partial charge in [0.2, 0.25) is 0 Å². The molecule has 0 unspecified atom stereocenters. The van der Waals surface area contributed by atoms with E-state index in [9.17, 15) is 0 Å². The van der Waals surface area contributed by atoms with Crippen LogP contribution in [0.2, 0.25) is 0 Å². The topological polar surface area (TPSA) is 19.6 Å². The quantitative estimate of drug-likeness (QED) is 0.170. The highest BCUT2D eigenvalue weighted by molar-refractivity contribution is 7.00. The molecule has 1 aromatic heterocycles. The van der Waals surface area contributed by atoms with Crippen molar-refractivity contribution in [2.45, 2.75) is 84.5 Å². The van der Waals surface area contributed by atoms with Crippen molar-refractivity contribution in [2.75, 3.05) is 9.80 Å². The molecular formula is C51H49BN2O. The summed E-state index contributed by atoms with van der Waals surface area (Å²) in [5.74, 6) is 0. The molecule has 0 atom stereocenters. The second-order valence-corrected chi connectivity index (χ2v) is 18.5. The summed E-state index contributed by atoms with van der Waals surface area (Å²) in [4.78, 5) is 5.08. The monoisotopic (exact) mass is 716 g/mol. The number of fused-ring (bicyclic) bond motifs is 7. The van der Waals surface area contributed by atoms with E-state index in [1.807, 2.05) is 0 Å². The van der Waals surface area contributed by atoms with Gasteiger partial charge >= 0.3 is 0 Å². The maximum atomic E-state index is 7.20. The summed E-state index contributed by atoms with van der Waals surface area (Å²) in [5, 5.41) is 1.13. The molecule has 3 aliphatic rings. The Labute approximate surface area is 326 Å². The Morgan fingerprint density at radius 3 is 1.95 bits per heavy atom. The van der Waals surface area contributed by atoms with Crippen molar-refractivity contribution in [3.63, 3.8) is 0 Å². The molecule has 4 heteroatoms. The molecule has 0 bridgehead atoms. The fraction of sp³-hybridized carbons (Fsp3) is 0.255. The number of rotatable bonds is 3. The van der Waals surface area contributed by atoms with Crippen LogP contribution in [0.25, 0.3) is 22.1 Å². The van der Waals surface area contributed by atoms with Crippen LogP contribution in [0.3, 0.4) is 0 Å². The Morgan fingerprint density at radius 2 is 1.24 bits per heavy atom. The zero-order chi connectivity index (χ0) is 38.0. The van der Waals surface area contributed by atoms with E-state index < -0.39 is 0 Å². The van der Waals surface area contributed by atoms with Crippen molar-refractivity contribution in [1.82, 2.24) is 0 Å². The molecule has 6 aromatic carbocycles. The molecular weight excluding hydrogens is 667 g/mol. The fourth-order valence-corrected chi connectivity index (χ4v) is 9.79. The minimum Gasteiger partial charge on any atom is -0.468 e. The van der Waals surface area contributed by atoms with E-state index in [-0.39, 0.29) is 23.0 Å². The Bertz CT molecular complexity index is 2660. The predicted octanol–water partition coefficient (Wildman–Crippen LogP) is 12.1. The number of furan rings is 1. The zero-order valence-electron chi connectivity index (χ0n) is 33.4. The summed E-state index contributed by atoms with van der Waals surface area (Å²) in [6, 6.07) is 47.6. The van der Waals surface area contributed by atoms with Gasteiger partial charge in [-0.2, -0.15) is 0 Å². The van der Waals surface area contributed by atoms with E-state index in [0.717, 1.165) is 34.4 Å². The lowest BCUT2D eigenvalue weighted by Crippen LogP contribution is -2.61. The van der Waals surface area contributed by atoms with Crippen LogP contribution in [0.5, 0.6) is 0 Å². The largest absolute Gasteiger partial charge is 0.468 e. The summed E-state index contributed by atoms with van der Waals surface area (Å²) in [6.45, 7) is 18.8. The SMILES string of the molecule is Cc1cc2c3c(c1)N(c1ccccc1-c1ccccc1)c1c(oc4ccccc14)B3c1cc3c(cc1N2c1ccc(C(C)(C)C)cc1)C(C)(C)CCC3(C)C. The van der Waals surface area contributed by atoms with Gasteiger partial charge in [0.15, 0.2) is 0 Å². The highest BCUT2D eigenvalue weighted by Crippen LogP contribution is 2.52. The van der Waals surface area contributed by atoms with Gasteiger partial charge < -0.3 is 14.2 Å². The predicted molar refractivity (Wildman–Crippen MR) is 234 cm³/mol. The minimum atomic E-state index is -0.0839. The molecule has 3 heterocycles. The second kappa shape index (κ2) is 11.8. The van der Waals surface area contributed by atoms with E-state index in [1.54, 1.807) is 0 Å². The molecule has 7 aromatic rings. The molecule has 2 aliphatic heterocycles. The lowest BCUT2D eigenvalue weighted by molar-refractivity contribution is 0.332. The van der Waals surface area contributed by atoms with E-state index in [4.69, 9.17) is 4.42 Å². The Morgan fingerprint density at radius 1 is 0.618 bits per heavy atom. The van der Waals surface area contributed by atoms with Crippen LogP contribution in [0, 0.1) is 6.92 Å². The minimum absolute atomic E-state index is 0.0570. The maximum Gasteiger partial charge on any atom is 0.297 e. The lowest BCUT2D eigenvalue weighted by Gasteiger charge is -2.46. The van der Waals surface area contributed by atoms with Gasteiger partial charge in [-0.3, -0.25) is 0 Å². The Balaban J connectivity index is 1.33. The Hall–Kier alpha value is -5.48. The van der Waals surface area contributed by atoms with Crippen LogP contribution in [0.1, 0.15) is 83.6 Å². The molecule has 3 nitrogen and oxygen atoms in total. The number of hydrogen-bond donors (Lipinski definition) is 0. The van der Waals surface area contributed by atoms with Crippen molar-refractivity contribution in [3.05, 3.63) is 150 Å². The molecule has 0 amide bonds. The number of nitrogens with zero attached hydrogens (tertiary/aromatic N) is 2. The first kappa shape index (κ1) is 34.0. The molecule has 0 saturated heterocycles. The summed E-state index contributed by atoms with van der Waals surface area (Å²) >= 11 is 0. The molecule has 0 radical (unpaired) electrons. The van der Waals surface area contributed by atoms with Gasteiger partial charge in [0, 0.05) is 33.7 Å². The molecule has 1 aliphatic carbocycles. The first-order valence-electron chi connectivity index (χ1n) is 20.0. The third kappa shape index (κ3) is 5.10. The first-order chi connectivity index (χ1) is 26.3. The van der Waals surface area contributed by atoms with Gasteiger partial charge in [-0.1, -0.05) is 127 Å². The standard InChI is InChI=1S/C51H49BN2O/c1-32-28-43-46-44(29-32)54(41-20-14-12-18-36(41)33-16-10-9-11-17-33)47-37-19-13-15-21-45(37)55-48(47)52(46)40-30-38-39(51(7,8)27-26-50(38,5)6)31-42(40)53(43)35-24-22-34(23-25-35)49(2,3)4/h9-25,28-31H,26-27H2,1-8H3. The molecule has 0 spiro atoms. The summed E-state index contributed by atoms with van der Waals surface area (Å²) in [5.41, 5.74) is 19.8. The van der Waals surface area contributed by atoms with Crippen LogP contribution in [0.4, 0.5) is 34.1 Å². The van der Waals surface area contributed by atoms with Crippen molar-refractivity contribution >= 4 is 68.4 Å². The number of aryl methyl sites for hydroxylation is 1. The molecule has 55 heavy (non-hydrogen) atoms. The normalized spacial score (nSPS) is 16.4. The summed E-state index contributed by atoms with van der Waals surface area (Å²) in [7, 11) is 0. The van der Waals surface area contributed by atoms with Crippen LogP contribution in [0.15, 0.2) is 132 Å². The van der Waals surface area contributed by atoms with Crippen LogP contribution in [-0.2, 0) is 16.2 Å². The van der Waals surface area contributed by atoms with Gasteiger partial charge in [0.05, 0.1) is 17.0 Å². The summed E-state index contributed by atoms with van der Waals surface area (Å²) in [6.07, 6.45) is 2.33. The van der Waals surface area contributed by atoms with Crippen molar-refractivity contribution in [3.8, 4) is 11.1 Å². The molecule has 0 fully saturated rings. The average Bonchev–Trinajstić information content (AvgIpc) is 3.55. The zero-order valence-corrected chi connectivity index (χ0v) is 33.4. The fourth-order valence-electron chi connectivity index (χ4n) is 9.79. The van der Waals surface area contributed by atoms with Crippen LogP contribution < -0.4 is 26.4 Å². The van der Waals surface area contributed by atoms with Gasteiger partial charge in [-0.15, -0.1) is 0 Å². The molecule has 10 rings (SSSR count). The van der Waals surface area contributed by atoms with Gasteiger partial charge in [0.1, 0.15) is 5.58 Å². The molecule has 0 saturated carbocycles. The second-order valence-electron chi connectivity index (χ2n) is 18.5. The maximum absolute atomic E-state index is 7.20. The van der Waals surface area contributed by atoms with Gasteiger partial charge in [0.25, 0.3) is 6.71 Å². The molecule has 0 N–H and O–H groups in total. The van der Waals surface area contributed by atoms with E-state index >= 15 is 0 Å². The number of para-hydroxylation sites is 2. The van der Waals surface area contributed by atoms with Crippen molar-refractivity contribution in [2.24, 2.45) is 0 Å². The van der Waals surface area contributed by atoms with E-state index in [0.29, 0.717) is 0 Å². The number of hydrogen-bond acceptors (Lipinski definition) is 3. The molecule has 272 valence electrons. The average molecular weight is 717 g/mol. The third-order valence-electron chi connectivity index (χ3n) is 12.9. The van der Waals surface area contributed by atoms with Gasteiger partial charge in [-0.05, 0) is 123 Å². The third-order valence-corrected chi connectivity index (χ3v) is 12.9. The number of benzene rings is 6. The summed E-state index contributed by atoms with van der Waals surface area (Å²) < 4.78 is 7.20. The van der Waals surface area contributed by atoms with E-state index in [2.05, 4.69) is 193 Å². The van der Waals surface area contributed by atoms with Crippen molar-refractivity contribution < 1.29 is 4.42 Å². The highest BCUT2D eigenvalue weighted by Gasteiger charge is 2.49. The van der Waals surface area contributed by atoms with Gasteiger partial charge in [-0.25, -0.2) is 0 Å². The Kier molecular flexibility index (Phi) is 7.28. The van der Waals surface area contributed by atoms with Crippen LogP contribution in [-0.4, -0.2) is 6.71 Å². The lowest BCUT2D eigenvalue weighted by atomic mass is 9.35. The van der Waals surface area contributed by atoms with Crippen molar-refractivity contribution in [1.29, 1.82) is 0 Å². The van der Waals surface area contributed by atoms with Crippen LogP contribution >= 0.6 is 0 Å². The first-order valence-corrected chi connectivity index (χ1v) is 20.0. The smallest absolute Gasteiger partial charge is 0.297 e. The number of anilines is 6.